The van der Waals surface area contributed by atoms with Crippen molar-refractivity contribution in [1.29, 1.82) is 0 Å². The summed E-state index contributed by atoms with van der Waals surface area (Å²) in [5.41, 5.74) is 1.81. The number of hydrogen-bond donors (Lipinski definition) is 1. The molecule has 3 nitrogen and oxygen atoms in total. The monoisotopic (exact) mass is 280 g/mol. The smallest absolute Gasteiger partial charge is 0.223 e. The number of aromatic amines is 1. The number of halogens is 1. The highest BCUT2D eigenvalue weighted by atomic mass is 32.2. The Morgan fingerprint density at radius 1 is 1.42 bits per heavy atom. The van der Waals surface area contributed by atoms with Gasteiger partial charge in [-0.15, -0.1) is 0 Å². The van der Waals surface area contributed by atoms with Gasteiger partial charge in [0.15, 0.2) is 0 Å². The summed E-state index contributed by atoms with van der Waals surface area (Å²) in [5, 5.41) is 0.833. The lowest BCUT2D eigenvalue weighted by Crippen LogP contribution is -2.26. The van der Waals surface area contributed by atoms with Crippen LogP contribution in [0.15, 0.2) is 24.3 Å². The van der Waals surface area contributed by atoms with E-state index in [1.165, 1.54) is 12.1 Å². The highest BCUT2D eigenvalue weighted by Gasteiger charge is 2.10. The third-order valence-electron chi connectivity index (χ3n) is 2.99. The molecule has 1 amide bonds. The number of amides is 1. The molecule has 2 aromatic rings. The number of fused-ring (bicyclic) bond motifs is 1. The first-order valence-corrected chi connectivity index (χ1v) is 7.49. The van der Waals surface area contributed by atoms with Gasteiger partial charge in [0.05, 0.1) is 6.54 Å². The maximum Gasteiger partial charge on any atom is 0.223 e. The average molecular weight is 280 g/mol. The second-order valence-corrected chi connectivity index (χ2v) is 5.50. The van der Waals surface area contributed by atoms with Crippen LogP contribution in [0.25, 0.3) is 10.9 Å². The van der Waals surface area contributed by atoms with E-state index in [2.05, 4.69) is 4.98 Å². The summed E-state index contributed by atoms with van der Waals surface area (Å²) in [5.74, 6) is 0.711. The Hall–Kier alpha value is -1.49. The van der Waals surface area contributed by atoms with Crippen molar-refractivity contribution in [2.45, 2.75) is 13.0 Å². The van der Waals surface area contributed by atoms with Gasteiger partial charge in [0.1, 0.15) is 5.82 Å². The first kappa shape index (κ1) is 13.9. The van der Waals surface area contributed by atoms with Crippen LogP contribution in [0.4, 0.5) is 4.39 Å². The fraction of sp³-hybridized carbons (Fsp3) is 0.357. The topological polar surface area (TPSA) is 36.1 Å². The number of nitrogens with zero attached hydrogens (tertiary/aromatic N) is 1. The summed E-state index contributed by atoms with van der Waals surface area (Å²) < 4.78 is 13.1. The summed E-state index contributed by atoms with van der Waals surface area (Å²) >= 11 is 1.66. The van der Waals surface area contributed by atoms with E-state index in [9.17, 15) is 9.18 Å². The number of benzene rings is 1. The molecule has 2 rings (SSSR count). The lowest BCUT2D eigenvalue weighted by atomic mass is 10.2. The number of carbonyl (C=O) groups is 1. The van der Waals surface area contributed by atoms with Crippen LogP contribution in [0.2, 0.25) is 0 Å². The van der Waals surface area contributed by atoms with E-state index in [4.69, 9.17) is 0 Å². The van der Waals surface area contributed by atoms with E-state index in [1.807, 2.05) is 12.3 Å². The molecule has 19 heavy (non-hydrogen) atoms. The van der Waals surface area contributed by atoms with Crippen molar-refractivity contribution in [3.63, 3.8) is 0 Å². The molecular weight excluding hydrogens is 263 g/mol. The van der Waals surface area contributed by atoms with Gasteiger partial charge < -0.3 is 9.88 Å². The zero-order chi connectivity index (χ0) is 13.8. The quantitative estimate of drug-likeness (QED) is 0.914. The van der Waals surface area contributed by atoms with Gasteiger partial charge in [-0.1, -0.05) is 0 Å². The highest BCUT2D eigenvalue weighted by Crippen LogP contribution is 2.17. The van der Waals surface area contributed by atoms with Gasteiger partial charge in [-0.05, 0) is 30.5 Å². The molecule has 0 radical (unpaired) electrons. The van der Waals surface area contributed by atoms with Crippen LogP contribution in [0.5, 0.6) is 0 Å². The molecule has 0 atom stereocenters. The van der Waals surface area contributed by atoms with Gasteiger partial charge in [0.2, 0.25) is 5.91 Å². The Balaban J connectivity index is 2.06. The van der Waals surface area contributed by atoms with E-state index in [0.29, 0.717) is 13.0 Å². The standard InChI is InChI=1S/C14H17FN2OS/c1-17(14(18)5-6-19-2)9-12-8-10-7-11(15)3-4-13(10)16-12/h3-4,7-8,16H,5-6,9H2,1-2H3. The lowest BCUT2D eigenvalue weighted by Gasteiger charge is -2.15. The van der Waals surface area contributed by atoms with Gasteiger partial charge >= 0.3 is 0 Å². The van der Waals surface area contributed by atoms with Crippen molar-refractivity contribution >= 4 is 28.6 Å². The van der Waals surface area contributed by atoms with Crippen LogP contribution in [0.3, 0.4) is 0 Å². The van der Waals surface area contributed by atoms with Crippen molar-refractivity contribution in [3.05, 3.63) is 35.8 Å². The molecule has 102 valence electrons. The number of rotatable bonds is 5. The number of nitrogens with one attached hydrogen (secondary N) is 1. The molecule has 1 N–H and O–H groups in total. The zero-order valence-electron chi connectivity index (χ0n) is 11.1. The van der Waals surface area contributed by atoms with E-state index < -0.39 is 0 Å². The highest BCUT2D eigenvalue weighted by molar-refractivity contribution is 7.98. The van der Waals surface area contributed by atoms with Crippen LogP contribution in [0.1, 0.15) is 12.1 Å². The maximum atomic E-state index is 13.1. The summed E-state index contributed by atoms with van der Waals surface area (Å²) in [6.07, 6.45) is 2.53. The second-order valence-electron chi connectivity index (χ2n) is 4.52. The van der Waals surface area contributed by atoms with Crippen LogP contribution in [0, 0.1) is 5.82 Å². The largest absolute Gasteiger partial charge is 0.357 e. The maximum absolute atomic E-state index is 13.1. The minimum Gasteiger partial charge on any atom is -0.357 e. The van der Waals surface area contributed by atoms with Crippen molar-refractivity contribution in [2.75, 3.05) is 19.1 Å². The lowest BCUT2D eigenvalue weighted by molar-refractivity contribution is -0.130. The van der Waals surface area contributed by atoms with Crippen molar-refractivity contribution < 1.29 is 9.18 Å². The third-order valence-corrected chi connectivity index (χ3v) is 3.60. The number of aromatic nitrogens is 1. The van der Waals surface area contributed by atoms with Crippen molar-refractivity contribution in [1.82, 2.24) is 9.88 Å². The fourth-order valence-electron chi connectivity index (χ4n) is 1.97. The number of thioether (sulfide) groups is 1. The van der Waals surface area contributed by atoms with E-state index in [0.717, 1.165) is 22.3 Å². The van der Waals surface area contributed by atoms with Crippen LogP contribution in [-0.2, 0) is 11.3 Å². The minimum absolute atomic E-state index is 0.124. The molecule has 0 aliphatic rings. The first-order valence-electron chi connectivity index (χ1n) is 6.10. The zero-order valence-corrected chi connectivity index (χ0v) is 11.9. The second kappa shape index (κ2) is 6.10. The Bertz CT molecular complexity index is 582. The summed E-state index contributed by atoms with van der Waals surface area (Å²) in [4.78, 5) is 16.7. The summed E-state index contributed by atoms with van der Waals surface area (Å²) in [6, 6.07) is 6.52. The number of H-pyrrole nitrogens is 1. The molecule has 0 saturated carbocycles. The summed E-state index contributed by atoms with van der Waals surface area (Å²) in [7, 11) is 1.79. The molecule has 0 spiro atoms. The van der Waals surface area contributed by atoms with E-state index in [1.54, 1.807) is 29.8 Å². The van der Waals surface area contributed by atoms with Gasteiger partial charge in [0, 0.05) is 35.8 Å². The molecule has 1 aromatic heterocycles. The van der Waals surface area contributed by atoms with Crippen molar-refractivity contribution in [2.24, 2.45) is 0 Å². The predicted octanol–water partition coefficient (Wildman–Crippen LogP) is 3.02. The fourth-order valence-corrected chi connectivity index (χ4v) is 2.35. The minimum atomic E-state index is -0.248. The third kappa shape index (κ3) is 3.50. The van der Waals surface area contributed by atoms with Gasteiger partial charge in [-0.3, -0.25) is 4.79 Å². The SMILES string of the molecule is CSCCC(=O)N(C)Cc1cc2cc(F)ccc2[nH]1. The molecule has 0 aliphatic heterocycles. The molecule has 0 bridgehead atoms. The number of hydrogen-bond acceptors (Lipinski definition) is 2. The normalized spacial score (nSPS) is 10.9. The Morgan fingerprint density at radius 2 is 2.21 bits per heavy atom. The molecule has 0 saturated heterocycles. The van der Waals surface area contributed by atoms with Crippen LogP contribution < -0.4 is 0 Å². The molecule has 1 heterocycles. The Kier molecular flexibility index (Phi) is 4.47. The van der Waals surface area contributed by atoms with E-state index >= 15 is 0 Å². The van der Waals surface area contributed by atoms with Crippen LogP contribution >= 0.6 is 11.8 Å². The van der Waals surface area contributed by atoms with Gasteiger partial charge in [-0.2, -0.15) is 11.8 Å². The molecular formula is C14H17FN2OS. The van der Waals surface area contributed by atoms with Gasteiger partial charge in [-0.25, -0.2) is 4.39 Å². The number of carbonyl (C=O) groups excluding carboxylic acids is 1. The molecule has 5 heteroatoms. The molecule has 1 aromatic carbocycles. The van der Waals surface area contributed by atoms with Gasteiger partial charge in [0.25, 0.3) is 0 Å². The average Bonchev–Trinajstić information content (AvgIpc) is 2.77. The predicted molar refractivity (Wildman–Crippen MR) is 77.7 cm³/mol. The Morgan fingerprint density at radius 3 is 2.95 bits per heavy atom. The molecule has 0 fully saturated rings. The molecule has 0 unspecified atom stereocenters. The van der Waals surface area contributed by atoms with Crippen molar-refractivity contribution in [3.8, 4) is 0 Å². The molecule has 0 aliphatic carbocycles. The Labute approximate surface area is 116 Å². The summed E-state index contributed by atoms with van der Waals surface area (Å²) in [6.45, 7) is 0.517. The first-order chi connectivity index (χ1) is 9.10. The van der Waals surface area contributed by atoms with Crippen LogP contribution in [-0.4, -0.2) is 34.8 Å². The van der Waals surface area contributed by atoms with E-state index in [-0.39, 0.29) is 11.7 Å².